The maximum absolute atomic E-state index is 14.4. The lowest BCUT2D eigenvalue weighted by Crippen LogP contribution is -2.29. The van der Waals surface area contributed by atoms with Crippen molar-refractivity contribution >= 4 is 5.69 Å². The second-order valence-electron chi connectivity index (χ2n) is 5.98. The maximum Gasteiger partial charge on any atom is 0.146 e. The summed E-state index contributed by atoms with van der Waals surface area (Å²) < 4.78 is 14.4. The van der Waals surface area contributed by atoms with Crippen molar-refractivity contribution in [2.24, 2.45) is 0 Å². The second kappa shape index (κ2) is 9.78. The minimum Gasteiger partial charge on any atom is -0.369 e. The third-order valence-corrected chi connectivity index (χ3v) is 3.65. The molecule has 1 aromatic rings. The third-order valence-electron chi connectivity index (χ3n) is 3.65. The van der Waals surface area contributed by atoms with E-state index in [1.165, 1.54) is 0 Å². The van der Waals surface area contributed by atoms with E-state index in [1.54, 1.807) is 6.07 Å². The molecule has 0 saturated heterocycles. The quantitative estimate of drug-likeness (QED) is 0.671. The van der Waals surface area contributed by atoms with Crippen molar-refractivity contribution in [1.29, 1.82) is 0 Å². The van der Waals surface area contributed by atoms with Gasteiger partial charge in [0.05, 0.1) is 5.69 Å². The van der Waals surface area contributed by atoms with Crippen molar-refractivity contribution in [3.63, 3.8) is 0 Å². The first-order chi connectivity index (χ1) is 10.1. The van der Waals surface area contributed by atoms with Crippen LogP contribution in [0.4, 0.5) is 10.1 Å². The van der Waals surface area contributed by atoms with E-state index in [0.717, 1.165) is 56.6 Å². The molecule has 0 aliphatic carbocycles. The second-order valence-corrected chi connectivity index (χ2v) is 5.98. The molecule has 0 radical (unpaired) electrons. The van der Waals surface area contributed by atoms with Crippen LogP contribution in [-0.4, -0.2) is 19.1 Å². The molecule has 0 atom stereocenters. The lowest BCUT2D eigenvalue weighted by atomic mass is 10.1. The van der Waals surface area contributed by atoms with Crippen LogP contribution < -0.4 is 10.2 Å². The predicted octanol–water partition coefficient (Wildman–Crippen LogP) is 4.73. The fourth-order valence-corrected chi connectivity index (χ4v) is 2.40. The summed E-state index contributed by atoms with van der Waals surface area (Å²) in [5, 5.41) is 3.40. The van der Waals surface area contributed by atoms with Crippen molar-refractivity contribution in [2.45, 2.75) is 66.0 Å². The fraction of sp³-hybridized carbons (Fsp3) is 0.667. The molecule has 3 heteroatoms. The standard InChI is InChI=1S/C18H31FN2/c1-5-7-12-21(13-8-6-2)18-16(14-20-15(3)4)10-9-11-17(18)19/h9-11,15,20H,5-8,12-14H2,1-4H3. The minimum atomic E-state index is -0.0923. The Bertz CT molecular complexity index is 396. The molecule has 0 aliphatic heterocycles. The topological polar surface area (TPSA) is 15.3 Å². The predicted molar refractivity (Wildman–Crippen MR) is 90.4 cm³/mol. The normalized spacial score (nSPS) is 11.1. The molecule has 1 N–H and O–H groups in total. The molecule has 2 nitrogen and oxygen atoms in total. The minimum absolute atomic E-state index is 0.0923. The zero-order valence-electron chi connectivity index (χ0n) is 14.1. The molecule has 0 spiro atoms. The number of benzene rings is 1. The summed E-state index contributed by atoms with van der Waals surface area (Å²) in [5.41, 5.74) is 1.86. The van der Waals surface area contributed by atoms with Gasteiger partial charge in [0, 0.05) is 25.7 Å². The van der Waals surface area contributed by atoms with Gasteiger partial charge in [-0.1, -0.05) is 52.7 Å². The first kappa shape index (κ1) is 18.0. The van der Waals surface area contributed by atoms with Gasteiger partial charge in [-0.25, -0.2) is 4.39 Å². The summed E-state index contributed by atoms with van der Waals surface area (Å²) >= 11 is 0. The SMILES string of the molecule is CCCCN(CCCC)c1c(F)cccc1CNC(C)C. The van der Waals surface area contributed by atoms with E-state index < -0.39 is 0 Å². The number of nitrogens with one attached hydrogen (secondary N) is 1. The Morgan fingerprint density at radius 1 is 1.10 bits per heavy atom. The summed E-state index contributed by atoms with van der Waals surface area (Å²) in [6.45, 7) is 11.2. The van der Waals surface area contributed by atoms with Crippen molar-refractivity contribution in [1.82, 2.24) is 5.32 Å². The van der Waals surface area contributed by atoms with Crippen LogP contribution in [0, 0.1) is 5.82 Å². The van der Waals surface area contributed by atoms with Crippen LogP contribution in [0.15, 0.2) is 18.2 Å². The molecule has 0 fully saturated rings. The Hall–Kier alpha value is -1.09. The lowest BCUT2D eigenvalue weighted by molar-refractivity contribution is 0.572. The van der Waals surface area contributed by atoms with Gasteiger partial charge in [0.1, 0.15) is 5.82 Å². The zero-order chi connectivity index (χ0) is 15.7. The molecule has 21 heavy (non-hydrogen) atoms. The Labute approximate surface area is 129 Å². The van der Waals surface area contributed by atoms with Crippen molar-refractivity contribution in [3.05, 3.63) is 29.6 Å². The summed E-state index contributed by atoms with van der Waals surface area (Å²) in [7, 11) is 0. The largest absolute Gasteiger partial charge is 0.369 e. The smallest absolute Gasteiger partial charge is 0.146 e. The van der Waals surface area contributed by atoms with E-state index in [1.807, 2.05) is 12.1 Å². The van der Waals surface area contributed by atoms with Gasteiger partial charge in [0.15, 0.2) is 0 Å². The van der Waals surface area contributed by atoms with E-state index in [2.05, 4.69) is 37.9 Å². The van der Waals surface area contributed by atoms with Crippen LogP contribution in [0.2, 0.25) is 0 Å². The van der Waals surface area contributed by atoms with Gasteiger partial charge in [0.25, 0.3) is 0 Å². The average molecular weight is 294 g/mol. The number of hydrogen-bond donors (Lipinski definition) is 1. The lowest BCUT2D eigenvalue weighted by Gasteiger charge is -2.28. The first-order valence-corrected chi connectivity index (χ1v) is 8.35. The third kappa shape index (κ3) is 6.04. The van der Waals surface area contributed by atoms with Crippen LogP contribution >= 0.6 is 0 Å². The van der Waals surface area contributed by atoms with Crippen molar-refractivity contribution in [3.8, 4) is 0 Å². The van der Waals surface area contributed by atoms with Gasteiger partial charge in [-0.05, 0) is 24.5 Å². The van der Waals surface area contributed by atoms with Crippen LogP contribution in [0.5, 0.6) is 0 Å². The molecule has 0 saturated carbocycles. The fourth-order valence-electron chi connectivity index (χ4n) is 2.40. The van der Waals surface area contributed by atoms with Gasteiger partial charge >= 0.3 is 0 Å². The van der Waals surface area contributed by atoms with Gasteiger partial charge in [-0.3, -0.25) is 0 Å². The molecule has 0 aliphatic rings. The molecular weight excluding hydrogens is 263 g/mol. The summed E-state index contributed by atoms with van der Waals surface area (Å²) in [4.78, 5) is 2.24. The van der Waals surface area contributed by atoms with Gasteiger partial charge in [0.2, 0.25) is 0 Å². The zero-order valence-corrected chi connectivity index (χ0v) is 14.1. The summed E-state index contributed by atoms with van der Waals surface area (Å²) in [5.74, 6) is -0.0923. The van der Waals surface area contributed by atoms with Crippen LogP contribution in [-0.2, 0) is 6.54 Å². The summed E-state index contributed by atoms with van der Waals surface area (Å²) in [6, 6.07) is 5.84. The van der Waals surface area contributed by atoms with Gasteiger partial charge in [-0.15, -0.1) is 0 Å². The van der Waals surface area contributed by atoms with Crippen molar-refractivity contribution in [2.75, 3.05) is 18.0 Å². The van der Waals surface area contributed by atoms with Crippen LogP contribution in [0.3, 0.4) is 0 Å². The highest BCUT2D eigenvalue weighted by molar-refractivity contribution is 5.55. The highest BCUT2D eigenvalue weighted by Gasteiger charge is 2.15. The molecule has 0 bridgehead atoms. The van der Waals surface area contributed by atoms with E-state index in [9.17, 15) is 4.39 Å². The van der Waals surface area contributed by atoms with E-state index in [-0.39, 0.29) is 5.82 Å². The Kier molecular flexibility index (Phi) is 8.36. The molecule has 1 rings (SSSR count). The molecule has 0 heterocycles. The summed E-state index contributed by atoms with van der Waals surface area (Å²) in [6.07, 6.45) is 4.48. The number of nitrogens with zero attached hydrogens (tertiary/aromatic N) is 1. The molecule has 0 amide bonds. The van der Waals surface area contributed by atoms with Crippen LogP contribution in [0.25, 0.3) is 0 Å². The number of rotatable bonds is 10. The number of hydrogen-bond acceptors (Lipinski definition) is 2. The van der Waals surface area contributed by atoms with Gasteiger partial charge in [-0.2, -0.15) is 0 Å². The molecule has 1 aromatic carbocycles. The number of anilines is 1. The molecular formula is C18H31FN2. The van der Waals surface area contributed by atoms with E-state index in [4.69, 9.17) is 0 Å². The van der Waals surface area contributed by atoms with E-state index in [0.29, 0.717) is 6.04 Å². The molecule has 120 valence electrons. The van der Waals surface area contributed by atoms with Crippen LogP contribution in [0.1, 0.15) is 58.9 Å². The average Bonchev–Trinajstić information content (AvgIpc) is 2.46. The highest BCUT2D eigenvalue weighted by atomic mass is 19.1. The number of halogens is 1. The number of para-hydroxylation sites is 1. The van der Waals surface area contributed by atoms with E-state index >= 15 is 0 Å². The Balaban J connectivity index is 2.96. The Morgan fingerprint density at radius 2 is 1.71 bits per heavy atom. The Morgan fingerprint density at radius 3 is 2.24 bits per heavy atom. The van der Waals surface area contributed by atoms with Crippen molar-refractivity contribution < 1.29 is 4.39 Å². The number of unbranched alkanes of at least 4 members (excludes halogenated alkanes) is 2. The monoisotopic (exact) mass is 294 g/mol. The first-order valence-electron chi connectivity index (χ1n) is 8.35. The van der Waals surface area contributed by atoms with Gasteiger partial charge < -0.3 is 10.2 Å². The molecule has 0 aromatic heterocycles. The maximum atomic E-state index is 14.4. The molecule has 0 unspecified atom stereocenters. The highest BCUT2D eigenvalue weighted by Crippen LogP contribution is 2.25.